The second kappa shape index (κ2) is 9.00. The van der Waals surface area contributed by atoms with Crippen LogP contribution in [0.5, 0.6) is 0 Å². The summed E-state index contributed by atoms with van der Waals surface area (Å²) in [5.41, 5.74) is 1.25. The molecule has 1 aromatic rings. The molecule has 0 saturated carbocycles. The monoisotopic (exact) mass is 372 g/mol. The van der Waals surface area contributed by atoms with Crippen molar-refractivity contribution in [3.63, 3.8) is 0 Å². The molecule has 2 fully saturated rings. The van der Waals surface area contributed by atoms with Crippen molar-refractivity contribution in [3.05, 3.63) is 47.5 Å². The number of carbonyl (C=O) groups is 1. The zero-order valence-corrected chi connectivity index (χ0v) is 16.6. The molecule has 0 aromatic heterocycles. The van der Waals surface area contributed by atoms with Crippen LogP contribution in [-0.2, 0) is 15.1 Å². The molecule has 3 rings (SSSR count). The fourth-order valence-electron chi connectivity index (χ4n) is 4.16. The third-order valence-electron chi connectivity index (χ3n) is 5.73. The highest BCUT2D eigenvalue weighted by Gasteiger charge is 2.46. The summed E-state index contributed by atoms with van der Waals surface area (Å²) in [5.74, 6) is 0.181. The quantitative estimate of drug-likeness (QED) is 0.807. The number of piperidine rings is 1. The summed E-state index contributed by atoms with van der Waals surface area (Å²) < 4.78 is 5.50. The highest BCUT2D eigenvalue weighted by atomic mass is 16.5. The van der Waals surface area contributed by atoms with Crippen LogP contribution >= 0.6 is 0 Å². The number of aliphatic hydroxyl groups is 1. The smallest absolute Gasteiger partial charge is 0.222 e. The molecule has 1 amide bonds. The zero-order chi connectivity index (χ0) is 19.3. The minimum atomic E-state index is -0.935. The number of carbonyl (C=O) groups excluding carboxylic acids is 1. The lowest BCUT2D eigenvalue weighted by atomic mass is 9.79. The van der Waals surface area contributed by atoms with Gasteiger partial charge in [-0.3, -0.25) is 9.69 Å². The topological polar surface area (TPSA) is 53.0 Å². The van der Waals surface area contributed by atoms with Crippen LogP contribution in [0, 0.1) is 0 Å². The Balaban J connectivity index is 1.77. The van der Waals surface area contributed by atoms with Crippen molar-refractivity contribution in [2.75, 3.05) is 39.4 Å². The summed E-state index contributed by atoms with van der Waals surface area (Å²) in [6, 6.07) is 9.81. The van der Waals surface area contributed by atoms with Gasteiger partial charge in [0.2, 0.25) is 5.91 Å². The molecule has 1 aromatic carbocycles. The van der Waals surface area contributed by atoms with Crippen molar-refractivity contribution in [3.8, 4) is 0 Å². The van der Waals surface area contributed by atoms with E-state index in [2.05, 4.69) is 24.8 Å². The van der Waals surface area contributed by atoms with Crippen LogP contribution in [0.15, 0.2) is 42.0 Å². The Kier molecular flexibility index (Phi) is 6.68. The van der Waals surface area contributed by atoms with E-state index in [1.54, 1.807) is 0 Å². The largest absolute Gasteiger partial charge is 0.383 e. The van der Waals surface area contributed by atoms with Gasteiger partial charge in [-0.15, -0.1) is 0 Å². The van der Waals surface area contributed by atoms with Crippen molar-refractivity contribution < 1.29 is 14.6 Å². The number of benzene rings is 1. The van der Waals surface area contributed by atoms with Gasteiger partial charge < -0.3 is 14.7 Å². The first kappa shape index (κ1) is 20.1. The van der Waals surface area contributed by atoms with Gasteiger partial charge in [-0.2, -0.15) is 0 Å². The van der Waals surface area contributed by atoms with Gasteiger partial charge >= 0.3 is 0 Å². The van der Waals surface area contributed by atoms with Crippen molar-refractivity contribution in [2.45, 2.75) is 44.8 Å². The second-order valence-electron chi connectivity index (χ2n) is 7.86. The van der Waals surface area contributed by atoms with E-state index in [0.29, 0.717) is 39.1 Å². The van der Waals surface area contributed by atoms with E-state index in [-0.39, 0.29) is 11.9 Å². The average molecular weight is 373 g/mol. The summed E-state index contributed by atoms with van der Waals surface area (Å²) in [6.45, 7) is 8.21. The number of allylic oxidation sites excluding steroid dienone is 2. The summed E-state index contributed by atoms with van der Waals surface area (Å²) in [4.78, 5) is 17.0. The number of hydrogen-bond donors (Lipinski definition) is 1. The fraction of sp³-hybridized carbons (Fsp3) is 0.591. The van der Waals surface area contributed by atoms with E-state index in [1.807, 2.05) is 35.2 Å². The molecule has 5 heteroatoms. The Labute approximate surface area is 162 Å². The van der Waals surface area contributed by atoms with Crippen LogP contribution in [0.4, 0.5) is 0 Å². The first-order valence-electron chi connectivity index (χ1n) is 10.0. The number of ether oxygens (including phenoxy) is 1. The number of likely N-dealkylation sites (tertiary alicyclic amines) is 1. The van der Waals surface area contributed by atoms with Crippen LogP contribution in [-0.4, -0.2) is 66.2 Å². The molecule has 2 aliphatic rings. The Bertz CT molecular complexity index is 651. The van der Waals surface area contributed by atoms with Gasteiger partial charge in [0.05, 0.1) is 19.3 Å². The van der Waals surface area contributed by atoms with Gasteiger partial charge in [-0.05, 0) is 32.3 Å². The molecule has 0 radical (unpaired) electrons. The van der Waals surface area contributed by atoms with Gasteiger partial charge in [0, 0.05) is 32.6 Å². The Morgan fingerprint density at radius 3 is 2.59 bits per heavy atom. The first-order valence-corrected chi connectivity index (χ1v) is 10.0. The molecule has 2 atom stereocenters. The van der Waals surface area contributed by atoms with Crippen LogP contribution < -0.4 is 0 Å². The van der Waals surface area contributed by atoms with E-state index < -0.39 is 5.60 Å². The third kappa shape index (κ3) is 4.78. The van der Waals surface area contributed by atoms with Gasteiger partial charge in [-0.25, -0.2) is 0 Å². The van der Waals surface area contributed by atoms with E-state index >= 15 is 0 Å². The molecule has 0 bridgehead atoms. The van der Waals surface area contributed by atoms with Crippen molar-refractivity contribution in [1.82, 2.24) is 9.80 Å². The Morgan fingerprint density at radius 1 is 1.22 bits per heavy atom. The standard InChI is InChI=1S/C22H32N2O3/c1-18(2)7-6-10-21(25)24-12-11-22(26,19-8-4-3-5-9-19)20(17-24)23-13-15-27-16-14-23/h3-5,7-9,20,26H,6,10-17H2,1-2H3/t20-,22+/m1/s1. The number of morpholine rings is 1. The van der Waals surface area contributed by atoms with Crippen LogP contribution in [0.3, 0.4) is 0 Å². The van der Waals surface area contributed by atoms with E-state index in [4.69, 9.17) is 4.74 Å². The molecule has 0 aliphatic carbocycles. The zero-order valence-electron chi connectivity index (χ0n) is 16.6. The molecule has 2 heterocycles. The number of amides is 1. The molecule has 0 unspecified atom stereocenters. The summed E-state index contributed by atoms with van der Waals surface area (Å²) in [5, 5.41) is 11.7. The minimum Gasteiger partial charge on any atom is -0.383 e. The molecule has 148 valence electrons. The van der Waals surface area contributed by atoms with Crippen LogP contribution in [0.1, 0.15) is 38.7 Å². The first-order chi connectivity index (χ1) is 13.0. The maximum absolute atomic E-state index is 12.7. The predicted octanol–water partition coefficient (Wildman–Crippen LogP) is 2.55. The van der Waals surface area contributed by atoms with Crippen molar-refractivity contribution in [2.24, 2.45) is 0 Å². The van der Waals surface area contributed by atoms with Crippen LogP contribution in [0.2, 0.25) is 0 Å². The maximum atomic E-state index is 12.7. The number of rotatable bonds is 5. The molecular formula is C22H32N2O3. The molecule has 27 heavy (non-hydrogen) atoms. The number of nitrogens with zero attached hydrogens (tertiary/aromatic N) is 2. The number of hydrogen-bond acceptors (Lipinski definition) is 4. The Hall–Kier alpha value is -1.69. The van der Waals surface area contributed by atoms with E-state index in [1.165, 1.54) is 5.57 Å². The van der Waals surface area contributed by atoms with Gasteiger partial charge in [-0.1, -0.05) is 42.0 Å². The van der Waals surface area contributed by atoms with Gasteiger partial charge in [0.1, 0.15) is 5.60 Å². The second-order valence-corrected chi connectivity index (χ2v) is 7.86. The predicted molar refractivity (Wildman–Crippen MR) is 106 cm³/mol. The molecule has 5 nitrogen and oxygen atoms in total. The summed E-state index contributed by atoms with van der Waals surface area (Å²) in [7, 11) is 0. The molecule has 2 aliphatic heterocycles. The SMILES string of the molecule is CC(C)=CCCC(=O)N1CC[C@](O)(c2ccccc2)[C@H](N2CCOCC2)C1. The van der Waals surface area contributed by atoms with Crippen molar-refractivity contribution >= 4 is 5.91 Å². The van der Waals surface area contributed by atoms with E-state index in [0.717, 1.165) is 25.1 Å². The molecule has 0 spiro atoms. The lowest BCUT2D eigenvalue weighted by Gasteiger charge is -2.50. The summed E-state index contributed by atoms with van der Waals surface area (Å²) >= 11 is 0. The molecule has 1 N–H and O–H groups in total. The normalized spacial score (nSPS) is 26.6. The molecular weight excluding hydrogens is 340 g/mol. The minimum absolute atomic E-state index is 0.107. The van der Waals surface area contributed by atoms with Crippen LogP contribution in [0.25, 0.3) is 0 Å². The fourth-order valence-corrected chi connectivity index (χ4v) is 4.16. The van der Waals surface area contributed by atoms with E-state index in [9.17, 15) is 9.90 Å². The van der Waals surface area contributed by atoms with Crippen molar-refractivity contribution in [1.29, 1.82) is 0 Å². The Morgan fingerprint density at radius 2 is 1.93 bits per heavy atom. The highest BCUT2D eigenvalue weighted by Crippen LogP contribution is 2.36. The highest BCUT2D eigenvalue weighted by molar-refractivity contribution is 5.76. The summed E-state index contributed by atoms with van der Waals surface area (Å²) in [6.07, 6.45) is 3.99. The molecule has 2 saturated heterocycles. The van der Waals surface area contributed by atoms with Gasteiger partial charge in [0.15, 0.2) is 0 Å². The lowest BCUT2D eigenvalue weighted by molar-refractivity contribution is -0.147. The third-order valence-corrected chi connectivity index (χ3v) is 5.73. The van der Waals surface area contributed by atoms with Gasteiger partial charge in [0.25, 0.3) is 0 Å². The lowest BCUT2D eigenvalue weighted by Crippen LogP contribution is -2.63. The average Bonchev–Trinajstić information content (AvgIpc) is 2.69. The maximum Gasteiger partial charge on any atom is 0.222 e.